The van der Waals surface area contributed by atoms with E-state index < -0.39 is 0 Å². The molecule has 0 aliphatic rings. The third-order valence-corrected chi connectivity index (χ3v) is 3.03. The summed E-state index contributed by atoms with van der Waals surface area (Å²) < 4.78 is 0. The Morgan fingerprint density at radius 3 is 2.00 bits per heavy atom. The summed E-state index contributed by atoms with van der Waals surface area (Å²) in [6, 6.07) is 0. The van der Waals surface area contributed by atoms with Crippen molar-refractivity contribution in [3.8, 4) is 0 Å². The van der Waals surface area contributed by atoms with Crippen molar-refractivity contribution in [1.82, 2.24) is 0 Å². The van der Waals surface area contributed by atoms with Crippen LogP contribution in [0.4, 0.5) is 0 Å². The van der Waals surface area contributed by atoms with Gasteiger partial charge in [0.2, 0.25) is 0 Å². The average Bonchev–Trinajstić information content (AvgIpc) is 1.69. The highest BCUT2D eigenvalue weighted by molar-refractivity contribution is 7.99. The van der Waals surface area contributed by atoms with Crippen molar-refractivity contribution < 1.29 is 0 Å². The number of alkyl halides is 1. The molecule has 50 valence electrons. The van der Waals surface area contributed by atoms with E-state index in [9.17, 15) is 0 Å². The molecular weight excluding hydrogens is 140 g/mol. The molecule has 0 bridgehead atoms. The molecule has 0 nitrogen and oxygen atoms in total. The maximum absolute atomic E-state index is 5.64. The van der Waals surface area contributed by atoms with Gasteiger partial charge in [0.15, 0.2) is 0 Å². The predicted molar refractivity (Wildman–Crippen MR) is 42.9 cm³/mol. The molecule has 0 saturated heterocycles. The molecular formula is C6H13ClS. The van der Waals surface area contributed by atoms with Crippen LogP contribution < -0.4 is 0 Å². The minimum Gasteiger partial charge on any atom is -0.160 e. The molecule has 0 heterocycles. The highest BCUT2D eigenvalue weighted by atomic mass is 35.5. The standard InChI is InChI=1S/C6H13ClS/c1-5(2)6(4-7)8-3/h5-6H,4H2,1-3H3. The first kappa shape index (κ1) is 8.64. The lowest BCUT2D eigenvalue weighted by molar-refractivity contribution is 0.647. The minimum absolute atomic E-state index is 0.636. The second-order valence-electron chi connectivity index (χ2n) is 2.17. The summed E-state index contributed by atoms with van der Waals surface area (Å²) in [5.41, 5.74) is 0. The lowest BCUT2D eigenvalue weighted by Gasteiger charge is -2.13. The molecule has 0 aliphatic heterocycles. The molecule has 0 aromatic heterocycles. The normalized spacial score (nSPS) is 14.6. The third kappa shape index (κ3) is 2.83. The number of hydrogen-bond acceptors (Lipinski definition) is 1. The number of halogens is 1. The molecule has 0 amide bonds. The summed E-state index contributed by atoms with van der Waals surface area (Å²) in [6.07, 6.45) is 2.10. The maximum Gasteiger partial charge on any atom is 0.0345 e. The monoisotopic (exact) mass is 152 g/mol. The van der Waals surface area contributed by atoms with E-state index in [1.165, 1.54) is 0 Å². The molecule has 0 aromatic rings. The van der Waals surface area contributed by atoms with Crippen LogP contribution in [0.1, 0.15) is 13.8 Å². The largest absolute Gasteiger partial charge is 0.160 e. The van der Waals surface area contributed by atoms with Crippen LogP contribution >= 0.6 is 23.4 Å². The Kier molecular flexibility index (Phi) is 4.87. The number of rotatable bonds is 3. The van der Waals surface area contributed by atoms with E-state index in [2.05, 4.69) is 20.1 Å². The van der Waals surface area contributed by atoms with Crippen molar-refractivity contribution in [3.63, 3.8) is 0 Å². The Hall–Kier alpha value is 0.640. The van der Waals surface area contributed by atoms with Crippen LogP contribution in [0.3, 0.4) is 0 Å². The molecule has 0 aromatic carbocycles. The van der Waals surface area contributed by atoms with E-state index in [4.69, 9.17) is 11.6 Å². The fourth-order valence-electron chi connectivity index (χ4n) is 0.513. The lowest BCUT2D eigenvalue weighted by Crippen LogP contribution is -2.11. The van der Waals surface area contributed by atoms with Crippen LogP contribution in [0, 0.1) is 5.92 Å². The molecule has 0 radical (unpaired) electrons. The van der Waals surface area contributed by atoms with Crippen molar-refractivity contribution in [3.05, 3.63) is 0 Å². The van der Waals surface area contributed by atoms with Gasteiger partial charge in [-0.05, 0) is 12.2 Å². The van der Waals surface area contributed by atoms with Gasteiger partial charge in [0.05, 0.1) is 0 Å². The first-order valence-corrected chi connectivity index (χ1v) is 4.63. The van der Waals surface area contributed by atoms with Gasteiger partial charge in [-0.3, -0.25) is 0 Å². The van der Waals surface area contributed by atoms with Gasteiger partial charge in [-0.15, -0.1) is 11.6 Å². The molecule has 8 heavy (non-hydrogen) atoms. The van der Waals surface area contributed by atoms with E-state index in [-0.39, 0.29) is 0 Å². The zero-order chi connectivity index (χ0) is 6.57. The molecule has 0 aliphatic carbocycles. The van der Waals surface area contributed by atoms with Crippen LogP contribution in [0.5, 0.6) is 0 Å². The second kappa shape index (κ2) is 4.51. The van der Waals surface area contributed by atoms with Gasteiger partial charge in [-0.25, -0.2) is 0 Å². The van der Waals surface area contributed by atoms with E-state index in [0.717, 1.165) is 5.88 Å². The van der Waals surface area contributed by atoms with Crippen molar-refractivity contribution in [2.24, 2.45) is 5.92 Å². The molecule has 0 rings (SSSR count). The van der Waals surface area contributed by atoms with Crippen LogP contribution in [-0.2, 0) is 0 Å². The Bertz CT molecular complexity index is 50.5. The van der Waals surface area contributed by atoms with Gasteiger partial charge in [0.25, 0.3) is 0 Å². The van der Waals surface area contributed by atoms with E-state index in [1.54, 1.807) is 0 Å². The Balaban J connectivity index is 3.35. The third-order valence-electron chi connectivity index (χ3n) is 1.20. The van der Waals surface area contributed by atoms with Crippen LogP contribution in [-0.4, -0.2) is 17.4 Å². The first-order valence-electron chi connectivity index (χ1n) is 2.81. The summed E-state index contributed by atoms with van der Waals surface area (Å²) in [7, 11) is 0. The Morgan fingerprint density at radius 1 is 1.50 bits per heavy atom. The molecule has 1 atom stereocenters. The Labute approximate surface area is 61.0 Å². The summed E-state index contributed by atoms with van der Waals surface area (Å²) in [5, 5.41) is 0.636. The zero-order valence-electron chi connectivity index (χ0n) is 5.65. The van der Waals surface area contributed by atoms with Gasteiger partial charge in [-0.2, -0.15) is 11.8 Å². The quantitative estimate of drug-likeness (QED) is 0.561. The first-order chi connectivity index (χ1) is 3.72. The smallest absolute Gasteiger partial charge is 0.0345 e. The number of thioether (sulfide) groups is 1. The molecule has 0 spiro atoms. The summed E-state index contributed by atoms with van der Waals surface area (Å²) >= 11 is 7.49. The predicted octanol–water partition coefficient (Wildman–Crippen LogP) is 2.61. The van der Waals surface area contributed by atoms with E-state index in [0.29, 0.717) is 11.2 Å². The molecule has 2 heteroatoms. The fraction of sp³-hybridized carbons (Fsp3) is 1.00. The van der Waals surface area contributed by atoms with Crippen LogP contribution in [0.15, 0.2) is 0 Å². The topological polar surface area (TPSA) is 0 Å². The van der Waals surface area contributed by atoms with Crippen molar-refractivity contribution in [1.29, 1.82) is 0 Å². The molecule has 0 fully saturated rings. The fourth-order valence-corrected chi connectivity index (χ4v) is 1.92. The molecule has 0 saturated carbocycles. The lowest BCUT2D eigenvalue weighted by atomic mass is 10.1. The Morgan fingerprint density at radius 2 is 2.00 bits per heavy atom. The second-order valence-corrected chi connectivity index (χ2v) is 3.56. The summed E-state index contributed by atoms with van der Waals surface area (Å²) in [5.74, 6) is 1.49. The van der Waals surface area contributed by atoms with Gasteiger partial charge in [0.1, 0.15) is 0 Å². The van der Waals surface area contributed by atoms with Gasteiger partial charge in [-0.1, -0.05) is 13.8 Å². The minimum atomic E-state index is 0.636. The average molecular weight is 153 g/mol. The van der Waals surface area contributed by atoms with Crippen molar-refractivity contribution >= 4 is 23.4 Å². The van der Waals surface area contributed by atoms with Gasteiger partial charge < -0.3 is 0 Å². The maximum atomic E-state index is 5.64. The van der Waals surface area contributed by atoms with Gasteiger partial charge >= 0.3 is 0 Å². The zero-order valence-corrected chi connectivity index (χ0v) is 7.22. The van der Waals surface area contributed by atoms with Gasteiger partial charge in [0, 0.05) is 11.1 Å². The summed E-state index contributed by atoms with van der Waals surface area (Å²) in [6.45, 7) is 4.40. The van der Waals surface area contributed by atoms with E-state index in [1.807, 2.05) is 11.8 Å². The SMILES string of the molecule is CSC(CCl)C(C)C. The number of hydrogen-bond donors (Lipinski definition) is 0. The van der Waals surface area contributed by atoms with Crippen LogP contribution in [0.2, 0.25) is 0 Å². The highest BCUT2D eigenvalue weighted by Gasteiger charge is 2.08. The molecule has 1 unspecified atom stereocenters. The van der Waals surface area contributed by atoms with Crippen LogP contribution in [0.25, 0.3) is 0 Å². The van der Waals surface area contributed by atoms with Crippen molar-refractivity contribution in [2.45, 2.75) is 19.1 Å². The van der Waals surface area contributed by atoms with Crippen molar-refractivity contribution in [2.75, 3.05) is 12.1 Å². The molecule has 0 N–H and O–H groups in total. The summed E-state index contributed by atoms with van der Waals surface area (Å²) in [4.78, 5) is 0. The van der Waals surface area contributed by atoms with E-state index >= 15 is 0 Å². The highest BCUT2D eigenvalue weighted by Crippen LogP contribution is 2.16.